The van der Waals surface area contributed by atoms with Crippen LogP contribution in [-0.4, -0.2) is 36.9 Å². The topological polar surface area (TPSA) is 113 Å². The summed E-state index contributed by atoms with van der Waals surface area (Å²) in [6.07, 6.45) is 0.643. The van der Waals surface area contributed by atoms with Crippen molar-refractivity contribution in [3.63, 3.8) is 0 Å². The molecule has 2 aromatic rings. The molecular weight excluding hydrogens is 320 g/mol. The maximum atomic E-state index is 12.5. The van der Waals surface area contributed by atoms with Crippen LogP contribution in [0.5, 0.6) is 0 Å². The van der Waals surface area contributed by atoms with Gasteiger partial charge in [0.1, 0.15) is 11.9 Å². The van der Waals surface area contributed by atoms with E-state index < -0.39 is 0 Å². The van der Waals surface area contributed by atoms with Gasteiger partial charge in [0.2, 0.25) is 11.9 Å². The first-order chi connectivity index (χ1) is 11.9. The van der Waals surface area contributed by atoms with E-state index in [1.54, 1.807) is 0 Å². The van der Waals surface area contributed by atoms with E-state index in [4.69, 9.17) is 0 Å². The number of nitrogens with one attached hydrogen (secondary N) is 4. The normalized spacial score (nSPS) is 20.4. The Morgan fingerprint density at radius 1 is 1.36 bits per heavy atom. The van der Waals surface area contributed by atoms with E-state index >= 15 is 0 Å². The molecule has 0 aromatic carbocycles. The monoisotopic (exact) mass is 346 g/mol. The number of aromatic nitrogens is 5. The van der Waals surface area contributed by atoms with E-state index in [2.05, 4.69) is 50.3 Å². The van der Waals surface area contributed by atoms with Gasteiger partial charge in [0.05, 0.1) is 11.7 Å². The Labute approximate surface area is 147 Å². The molecule has 0 bridgehead atoms. The number of amides is 1. The molecule has 0 aliphatic carbocycles. The van der Waals surface area contributed by atoms with E-state index in [1.807, 2.05) is 25.5 Å². The van der Waals surface area contributed by atoms with Gasteiger partial charge in [-0.15, -0.1) is 5.10 Å². The molecule has 2 unspecified atom stereocenters. The number of carbonyl (C=O) groups excluding carboxylic acids is 1. The lowest BCUT2D eigenvalue weighted by Gasteiger charge is -2.10. The fraction of sp³-hybridized carbons (Fsp3) is 0.625. The van der Waals surface area contributed by atoms with Gasteiger partial charge in [-0.2, -0.15) is 10.1 Å². The maximum absolute atomic E-state index is 12.5. The lowest BCUT2D eigenvalue weighted by molar-refractivity contribution is -0.117. The number of aromatic amines is 1. The Balaban J connectivity index is 1.66. The maximum Gasteiger partial charge on any atom is 0.248 e. The van der Waals surface area contributed by atoms with Crippen molar-refractivity contribution in [2.75, 3.05) is 5.32 Å². The molecule has 1 aliphatic heterocycles. The molecule has 2 aromatic heterocycles. The van der Waals surface area contributed by atoms with Crippen LogP contribution in [-0.2, 0) is 11.3 Å². The minimum Gasteiger partial charge on any atom is -0.292 e. The molecule has 1 aliphatic rings. The molecule has 0 saturated carbocycles. The number of aryl methyl sites for hydroxylation is 2. The second-order valence-electron chi connectivity index (χ2n) is 6.72. The minimum atomic E-state index is -0.352. The van der Waals surface area contributed by atoms with Crippen molar-refractivity contribution in [3.8, 4) is 0 Å². The molecule has 3 rings (SSSR count). The summed E-state index contributed by atoms with van der Waals surface area (Å²) in [4.78, 5) is 16.8. The predicted octanol–water partition coefficient (Wildman–Crippen LogP) is 1.31. The number of carbonyl (C=O) groups is 1. The highest BCUT2D eigenvalue weighted by Crippen LogP contribution is 2.28. The number of hydrogen-bond donors (Lipinski definition) is 4. The Morgan fingerprint density at radius 3 is 2.72 bits per heavy atom. The molecular formula is C16H26N8O. The van der Waals surface area contributed by atoms with Crippen LogP contribution in [0.3, 0.4) is 0 Å². The van der Waals surface area contributed by atoms with Gasteiger partial charge >= 0.3 is 0 Å². The average molecular weight is 346 g/mol. The fourth-order valence-corrected chi connectivity index (χ4v) is 3.23. The zero-order valence-electron chi connectivity index (χ0n) is 15.3. The first-order valence-electron chi connectivity index (χ1n) is 8.68. The Kier molecular flexibility index (Phi) is 4.87. The van der Waals surface area contributed by atoms with Gasteiger partial charge in [0.15, 0.2) is 0 Å². The number of hydrogen-bond acceptors (Lipinski definition) is 6. The smallest absolute Gasteiger partial charge is 0.248 e. The summed E-state index contributed by atoms with van der Waals surface area (Å²) in [5, 5.41) is 14.2. The van der Waals surface area contributed by atoms with Crippen LogP contribution in [0.1, 0.15) is 61.9 Å². The SMILES string of the molecule is CCn1nc(C)c(C2CC(C(=O)Nc3n[nH]c(C(C)C)n3)NN2)c1C. The lowest BCUT2D eigenvalue weighted by atomic mass is 10.00. The molecule has 25 heavy (non-hydrogen) atoms. The van der Waals surface area contributed by atoms with Crippen molar-refractivity contribution >= 4 is 11.9 Å². The number of anilines is 1. The quantitative estimate of drug-likeness (QED) is 0.649. The summed E-state index contributed by atoms with van der Waals surface area (Å²) in [6.45, 7) is 11.0. The van der Waals surface area contributed by atoms with Gasteiger partial charge in [-0.25, -0.2) is 10.9 Å². The zero-order chi connectivity index (χ0) is 18.1. The standard InChI is InChI=1S/C16H26N8O/c1-6-24-10(5)13(9(4)23-24)11-7-12(20-19-11)15(25)18-16-17-14(8(2)3)21-22-16/h8,11-12,19-20H,6-7H2,1-5H3,(H2,17,18,21,22,25). The Bertz CT molecular complexity index is 762. The number of rotatable bonds is 5. The molecule has 9 heteroatoms. The number of H-pyrrole nitrogens is 1. The van der Waals surface area contributed by atoms with Crippen LogP contribution in [0.4, 0.5) is 5.95 Å². The van der Waals surface area contributed by atoms with Gasteiger partial charge < -0.3 is 0 Å². The van der Waals surface area contributed by atoms with E-state index in [-0.39, 0.29) is 23.9 Å². The molecule has 3 heterocycles. The minimum absolute atomic E-state index is 0.0504. The molecule has 1 fully saturated rings. The molecule has 136 valence electrons. The van der Waals surface area contributed by atoms with Gasteiger partial charge in [-0.1, -0.05) is 13.8 Å². The van der Waals surface area contributed by atoms with Crippen molar-refractivity contribution in [2.24, 2.45) is 0 Å². The van der Waals surface area contributed by atoms with Crippen molar-refractivity contribution < 1.29 is 4.79 Å². The summed E-state index contributed by atoms with van der Waals surface area (Å²) >= 11 is 0. The van der Waals surface area contributed by atoms with Gasteiger partial charge in [0.25, 0.3) is 0 Å². The van der Waals surface area contributed by atoms with Crippen molar-refractivity contribution in [3.05, 3.63) is 22.8 Å². The summed E-state index contributed by atoms with van der Waals surface area (Å²) < 4.78 is 1.99. The van der Waals surface area contributed by atoms with Crippen LogP contribution in [0, 0.1) is 13.8 Å². The predicted molar refractivity (Wildman–Crippen MR) is 93.9 cm³/mol. The fourth-order valence-electron chi connectivity index (χ4n) is 3.23. The van der Waals surface area contributed by atoms with Crippen molar-refractivity contribution in [2.45, 2.75) is 65.6 Å². The van der Waals surface area contributed by atoms with E-state index in [9.17, 15) is 4.79 Å². The molecule has 0 radical (unpaired) electrons. The molecule has 0 spiro atoms. The number of nitrogens with zero attached hydrogens (tertiary/aromatic N) is 4. The Hall–Kier alpha value is -2.26. The highest BCUT2D eigenvalue weighted by Gasteiger charge is 2.33. The highest BCUT2D eigenvalue weighted by atomic mass is 16.2. The van der Waals surface area contributed by atoms with Crippen LogP contribution in [0.25, 0.3) is 0 Å². The lowest BCUT2D eigenvalue weighted by Crippen LogP contribution is -2.39. The summed E-state index contributed by atoms with van der Waals surface area (Å²) in [5.74, 6) is 1.14. The summed E-state index contributed by atoms with van der Waals surface area (Å²) in [5.41, 5.74) is 9.58. The first-order valence-corrected chi connectivity index (χ1v) is 8.68. The highest BCUT2D eigenvalue weighted by molar-refractivity contribution is 5.93. The van der Waals surface area contributed by atoms with Gasteiger partial charge in [-0.05, 0) is 27.2 Å². The van der Waals surface area contributed by atoms with Gasteiger partial charge in [-0.3, -0.25) is 19.9 Å². The second kappa shape index (κ2) is 6.93. The summed E-state index contributed by atoms with van der Waals surface area (Å²) in [6, 6.07) is -0.302. The summed E-state index contributed by atoms with van der Waals surface area (Å²) in [7, 11) is 0. The first kappa shape index (κ1) is 17.6. The average Bonchev–Trinajstić information content (AvgIpc) is 3.26. The molecule has 9 nitrogen and oxygen atoms in total. The zero-order valence-corrected chi connectivity index (χ0v) is 15.3. The van der Waals surface area contributed by atoms with Crippen LogP contribution in [0.15, 0.2) is 0 Å². The van der Waals surface area contributed by atoms with Crippen molar-refractivity contribution in [1.29, 1.82) is 0 Å². The number of hydrazine groups is 1. The van der Waals surface area contributed by atoms with E-state index in [1.165, 1.54) is 0 Å². The molecule has 1 amide bonds. The molecule has 2 atom stereocenters. The van der Waals surface area contributed by atoms with Crippen LogP contribution < -0.4 is 16.2 Å². The second-order valence-corrected chi connectivity index (χ2v) is 6.72. The largest absolute Gasteiger partial charge is 0.292 e. The van der Waals surface area contributed by atoms with Crippen molar-refractivity contribution in [1.82, 2.24) is 35.8 Å². The van der Waals surface area contributed by atoms with Gasteiger partial charge in [0, 0.05) is 23.7 Å². The van der Waals surface area contributed by atoms with E-state index in [0.717, 1.165) is 29.3 Å². The Morgan fingerprint density at radius 2 is 2.12 bits per heavy atom. The molecule has 1 saturated heterocycles. The third-order valence-electron chi connectivity index (χ3n) is 4.59. The molecule has 4 N–H and O–H groups in total. The third kappa shape index (κ3) is 3.42. The van der Waals surface area contributed by atoms with Crippen LogP contribution in [0.2, 0.25) is 0 Å². The van der Waals surface area contributed by atoms with Crippen LogP contribution >= 0.6 is 0 Å². The third-order valence-corrected chi connectivity index (χ3v) is 4.59. The van der Waals surface area contributed by atoms with E-state index in [0.29, 0.717) is 12.4 Å².